The van der Waals surface area contributed by atoms with Crippen LogP contribution in [0.15, 0.2) is 4.99 Å². The molecular weight excluding hydrogens is 286 g/mol. The molecule has 1 aliphatic heterocycles. The highest BCUT2D eigenvalue weighted by molar-refractivity contribution is 5.79. The summed E-state index contributed by atoms with van der Waals surface area (Å²) >= 11 is 0. The lowest BCUT2D eigenvalue weighted by Crippen LogP contribution is -2.49. The Bertz CT molecular complexity index is 309. The third-order valence-corrected chi connectivity index (χ3v) is 4.44. The Morgan fingerprint density at radius 1 is 1.00 bits per heavy atom. The first-order chi connectivity index (χ1) is 11.2. The van der Waals surface area contributed by atoms with Gasteiger partial charge in [-0.05, 0) is 25.8 Å². The summed E-state index contributed by atoms with van der Waals surface area (Å²) in [7, 11) is 0. The number of likely N-dealkylation sites (N-methyl/N-ethyl adjacent to an activating group) is 1. The van der Waals surface area contributed by atoms with Crippen LogP contribution in [0.5, 0.6) is 0 Å². The molecule has 0 radical (unpaired) electrons. The largest absolute Gasteiger partial charge is 0.357 e. The van der Waals surface area contributed by atoms with Gasteiger partial charge in [0.05, 0.1) is 0 Å². The second-order valence-corrected chi connectivity index (χ2v) is 6.85. The minimum absolute atomic E-state index is 0.804. The average molecular weight is 326 g/mol. The first-order valence-corrected chi connectivity index (χ1v) is 9.62. The molecule has 0 aromatic heterocycles. The number of hydrogen-bond acceptors (Lipinski definition) is 3. The molecule has 5 heteroatoms. The molecule has 2 N–H and O–H groups in total. The van der Waals surface area contributed by atoms with Gasteiger partial charge < -0.3 is 15.5 Å². The number of nitrogens with one attached hydrogen (secondary N) is 2. The van der Waals surface area contributed by atoms with Gasteiger partial charge in [0.15, 0.2) is 5.96 Å². The number of hydrogen-bond donors (Lipinski definition) is 2. The quantitative estimate of drug-likeness (QED) is 0.366. The van der Waals surface area contributed by atoms with Crippen LogP contribution in [0.3, 0.4) is 0 Å². The third-order valence-electron chi connectivity index (χ3n) is 4.44. The summed E-state index contributed by atoms with van der Waals surface area (Å²) in [4.78, 5) is 9.75. The Morgan fingerprint density at radius 2 is 1.70 bits per heavy atom. The zero-order chi connectivity index (χ0) is 16.9. The zero-order valence-electron chi connectivity index (χ0n) is 15.9. The second kappa shape index (κ2) is 12.6. The van der Waals surface area contributed by atoms with Crippen LogP contribution in [0.1, 0.15) is 47.0 Å². The zero-order valence-corrected chi connectivity index (χ0v) is 15.9. The monoisotopic (exact) mass is 325 g/mol. The van der Waals surface area contributed by atoms with E-state index >= 15 is 0 Å². The molecule has 0 spiro atoms. The topological polar surface area (TPSA) is 42.9 Å². The predicted octanol–water partition coefficient (Wildman–Crippen LogP) is 2.01. The van der Waals surface area contributed by atoms with Crippen molar-refractivity contribution in [3.05, 3.63) is 0 Å². The van der Waals surface area contributed by atoms with Crippen molar-refractivity contribution in [1.29, 1.82) is 0 Å². The molecule has 0 unspecified atom stereocenters. The SMILES string of the molecule is CCNC(=NCCCCC(C)C)NCCN1CCN(CC)CC1. The van der Waals surface area contributed by atoms with E-state index in [1.54, 1.807) is 0 Å². The normalized spacial score (nSPS) is 17.7. The van der Waals surface area contributed by atoms with E-state index in [0.717, 1.165) is 38.1 Å². The van der Waals surface area contributed by atoms with Crippen LogP contribution in [-0.4, -0.2) is 74.7 Å². The van der Waals surface area contributed by atoms with Gasteiger partial charge in [0, 0.05) is 52.4 Å². The molecule has 0 amide bonds. The highest BCUT2D eigenvalue weighted by Gasteiger charge is 2.14. The van der Waals surface area contributed by atoms with Crippen molar-refractivity contribution in [2.75, 3.05) is 58.9 Å². The molecule has 136 valence electrons. The van der Waals surface area contributed by atoms with Gasteiger partial charge in [0.25, 0.3) is 0 Å². The highest BCUT2D eigenvalue weighted by Crippen LogP contribution is 2.05. The van der Waals surface area contributed by atoms with E-state index in [2.05, 4.69) is 53.1 Å². The second-order valence-electron chi connectivity index (χ2n) is 6.85. The molecule has 1 fully saturated rings. The molecule has 0 aromatic rings. The van der Waals surface area contributed by atoms with Crippen LogP contribution in [0.2, 0.25) is 0 Å². The first kappa shape index (κ1) is 20.2. The summed E-state index contributed by atoms with van der Waals surface area (Å²) in [5.74, 6) is 1.78. The fourth-order valence-corrected chi connectivity index (χ4v) is 2.86. The van der Waals surface area contributed by atoms with Crippen molar-refractivity contribution < 1.29 is 0 Å². The Morgan fingerprint density at radius 3 is 2.30 bits per heavy atom. The fourth-order valence-electron chi connectivity index (χ4n) is 2.86. The van der Waals surface area contributed by atoms with Crippen LogP contribution in [0.25, 0.3) is 0 Å². The summed E-state index contributed by atoms with van der Waals surface area (Å²) < 4.78 is 0. The van der Waals surface area contributed by atoms with E-state index in [9.17, 15) is 0 Å². The molecule has 0 aliphatic carbocycles. The Balaban J connectivity index is 2.17. The van der Waals surface area contributed by atoms with E-state index < -0.39 is 0 Å². The molecule has 1 heterocycles. The van der Waals surface area contributed by atoms with Crippen LogP contribution >= 0.6 is 0 Å². The lowest BCUT2D eigenvalue weighted by Gasteiger charge is -2.34. The Labute approximate surface area is 143 Å². The fraction of sp³-hybridized carbons (Fsp3) is 0.944. The summed E-state index contributed by atoms with van der Waals surface area (Å²) in [6.07, 6.45) is 3.78. The number of guanidine groups is 1. The lowest BCUT2D eigenvalue weighted by atomic mass is 10.1. The van der Waals surface area contributed by atoms with E-state index in [1.807, 2.05) is 0 Å². The Hall–Kier alpha value is -0.810. The number of rotatable bonds is 10. The molecule has 0 atom stereocenters. The maximum absolute atomic E-state index is 4.69. The summed E-state index contributed by atoms with van der Waals surface area (Å²) in [6.45, 7) is 18.9. The first-order valence-electron chi connectivity index (χ1n) is 9.62. The van der Waals surface area contributed by atoms with Crippen LogP contribution < -0.4 is 10.6 Å². The van der Waals surface area contributed by atoms with Gasteiger partial charge in [-0.2, -0.15) is 0 Å². The molecule has 5 nitrogen and oxygen atoms in total. The van der Waals surface area contributed by atoms with Gasteiger partial charge in [0.1, 0.15) is 0 Å². The number of aliphatic imine (C=N–C) groups is 1. The molecular formula is C18H39N5. The summed E-state index contributed by atoms with van der Waals surface area (Å²) in [5, 5.41) is 6.82. The Kier molecular flexibility index (Phi) is 11.1. The third kappa shape index (κ3) is 9.82. The van der Waals surface area contributed by atoms with Crippen molar-refractivity contribution in [3.63, 3.8) is 0 Å². The molecule has 1 aliphatic rings. The molecule has 0 aromatic carbocycles. The molecule has 23 heavy (non-hydrogen) atoms. The maximum atomic E-state index is 4.69. The van der Waals surface area contributed by atoms with Crippen molar-refractivity contribution in [2.24, 2.45) is 10.9 Å². The van der Waals surface area contributed by atoms with Crippen LogP contribution in [-0.2, 0) is 0 Å². The van der Waals surface area contributed by atoms with Gasteiger partial charge >= 0.3 is 0 Å². The van der Waals surface area contributed by atoms with E-state index in [4.69, 9.17) is 0 Å². The van der Waals surface area contributed by atoms with Crippen LogP contribution in [0, 0.1) is 5.92 Å². The maximum Gasteiger partial charge on any atom is 0.191 e. The minimum Gasteiger partial charge on any atom is -0.357 e. The minimum atomic E-state index is 0.804. The van der Waals surface area contributed by atoms with Gasteiger partial charge in [-0.15, -0.1) is 0 Å². The number of unbranched alkanes of at least 4 members (excludes halogenated alkanes) is 1. The molecule has 0 saturated carbocycles. The molecule has 1 rings (SSSR count). The molecule has 1 saturated heterocycles. The standard InChI is InChI=1S/C18H39N5/c1-5-19-18(20-10-8-7-9-17(3)4)21-11-12-23-15-13-22(6-2)14-16-23/h17H,5-16H2,1-4H3,(H2,19,20,21). The van der Waals surface area contributed by atoms with Gasteiger partial charge in [-0.3, -0.25) is 9.89 Å². The van der Waals surface area contributed by atoms with Crippen molar-refractivity contribution in [3.8, 4) is 0 Å². The van der Waals surface area contributed by atoms with Crippen LogP contribution in [0.4, 0.5) is 0 Å². The van der Waals surface area contributed by atoms with Crippen molar-refractivity contribution in [1.82, 2.24) is 20.4 Å². The highest BCUT2D eigenvalue weighted by atomic mass is 15.3. The summed E-state index contributed by atoms with van der Waals surface area (Å²) in [5.41, 5.74) is 0. The summed E-state index contributed by atoms with van der Waals surface area (Å²) in [6, 6.07) is 0. The smallest absolute Gasteiger partial charge is 0.191 e. The number of piperazine rings is 1. The van der Waals surface area contributed by atoms with E-state index in [0.29, 0.717) is 0 Å². The van der Waals surface area contributed by atoms with Gasteiger partial charge in [0.2, 0.25) is 0 Å². The molecule has 0 bridgehead atoms. The van der Waals surface area contributed by atoms with Crippen molar-refractivity contribution >= 4 is 5.96 Å². The van der Waals surface area contributed by atoms with Gasteiger partial charge in [-0.25, -0.2) is 0 Å². The average Bonchev–Trinajstić information content (AvgIpc) is 2.55. The van der Waals surface area contributed by atoms with E-state index in [-0.39, 0.29) is 0 Å². The van der Waals surface area contributed by atoms with Gasteiger partial charge in [-0.1, -0.05) is 33.6 Å². The lowest BCUT2D eigenvalue weighted by molar-refractivity contribution is 0.139. The van der Waals surface area contributed by atoms with Crippen molar-refractivity contribution in [2.45, 2.75) is 47.0 Å². The van der Waals surface area contributed by atoms with E-state index in [1.165, 1.54) is 52.0 Å². The predicted molar refractivity (Wildman–Crippen MR) is 101 cm³/mol. The number of nitrogens with zero attached hydrogens (tertiary/aromatic N) is 3.